The minimum Gasteiger partial charge on any atom is -0.759 e. The lowest BCUT2D eigenvalue weighted by Gasteiger charge is -2.31. The minimum absolute atomic E-state index is 0.154. The van der Waals surface area contributed by atoms with Gasteiger partial charge in [-0.2, -0.15) is 0 Å². The van der Waals surface area contributed by atoms with Crippen molar-refractivity contribution in [2.75, 3.05) is 23.3 Å². The molecule has 2 aromatic heterocycles. The van der Waals surface area contributed by atoms with E-state index in [0.717, 1.165) is 55.8 Å². The van der Waals surface area contributed by atoms with Crippen LogP contribution in [-0.4, -0.2) is 45.4 Å². The molecule has 1 N–H and O–H groups in total. The van der Waals surface area contributed by atoms with Gasteiger partial charge in [0.15, 0.2) is 5.82 Å². The summed E-state index contributed by atoms with van der Waals surface area (Å²) >= 11 is 0. The Hall–Kier alpha value is -3.02. The molecular weight excluding hydrogens is 352 g/mol. The minimum atomic E-state index is -0.154. The fraction of sp³-hybridized carbons (Fsp3) is 0.381. The number of hydrogen-bond acceptors (Lipinski definition) is 4. The highest BCUT2D eigenvalue weighted by molar-refractivity contribution is 6.11. The summed E-state index contributed by atoms with van der Waals surface area (Å²) in [6, 6.07) is 5.90. The number of amides is 1. The number of aromatic nitrogens is 2. The summed E-state index contributed by atoms with van der Waals surface area (Å²) in [4.78, 5) is 24.3. The molecule has 0 bridgehead atoms. The normalized spacial score (nSPS) is 19.9. The van der Waals surface area contributed by atoms with Gasteiger partial charge in [0.25, 0.3) is 5.91 Å². The van der Waals surface area contributed by atoms with Crippen molar-refractivity contribution in [1.82, 2.24) is 9.97 Å². The highest BCUT2D eigenvalue weighted by atomic mass is 16.1. The van der Waals surface area contributed by atoms with E-state index >= 15 is 0 Å². The first kappa shape index (κ1) is 17.1. The van der Waals surface area contributed by atoms with Gasteiger partial charge in [-0.1, -0.05) is 0 Å². The highest BCUT2D eigenvalue weighted by Gasteiger charge is 2.39. The van der Waals surface area contributed by atoms with E-state index in [0.29, 0.717) is 28.5 Å². The molecule has 142 valence electrons. The fourth-order valence-corrected chi connectivity index (χ4v) is 4.43. The standard InChI is InChI=1S/C21H22N6O/c22-8-13-27(11-1-2-12-27)14-15-7-10-24-20-18(15)25-21(28)17-4-3-9-23-19(17)26(20)16-5-6-16/h3-4,7,9-10,13,16H,1-2,5-6,11-12,14H2,(H,25,28). The van der Waals surface area contributed by atoms with Crippen LogP contribution in [-0.2, 0) is 6.54 Å². The van der Waals surface area contributed by atoms with E-state index in [4.69, 9.17) is 0 Å². The molecule has 4 heterocycles. The lowest BCUT2D eigenvalue weighted by molar-refractivity contribution is -0.879. The van der Waals surface area contributed by atoms with Crippen molar-refractivity contribution in [2.45, 2.75) is 38.3 Å². The van der Waals surface area contributed by atoms with E-state index in [-0.39, 0.29) is 5.91 Å². The molecule has 0 unspecified atom stereocenters. The molecule has 3 aliphatic rings. The van der Waals surface area contributed by atoms with Crippen molar-refractivity contribution in [3.63, 3.8) is 0 Å². The van der Waals surface area contributed by atoms with Crippen LogP contribution in [0.25, 0.3) is 5.41 Å². The maximum Gasteiger partial charge on any atom is 0.259 e. The SMILES string of the molecule is [N-]=C=C[N+]1(Cc2ccnc3c2NC(=O)c2cccnc2N3C2CC2)CCCC1. The molecule has 7 nitrogen and oxygen atoms in total. The Balaban J connectivity index is 1.63. The molecule has 0 radical (unpaired) electrons. The predicted molar refractivity (Wildman–Crippen MR) is 107 cm³/mol. The van der Waals surface area contributed by atoms with Crippen molar-refractivity contribution in [2.24, 2.45) is 0 Å². The van der Waals surface area contributed by atoms with Crippen molar-refractivity contribution in [1.29, 1.82) is 0 Å². The molecule has 1 amide bonds. The number of nitrogens with one attached hydrogen (secondary N) is 1. The van der Waals surface area contributed by atoms with Gasteiger partial charge >= 0.3 is 0 Å². The van der Waals surface area contributed by atoms with E-state index in [1.807, 2.05) is 18.3 Å². The van der Waals surface area contributed by atoms with Crippen molar-refractivity contribution in [3.8, 4) is 0 Å². The van der Waals surface area contributed by atoms with Crippen LogP contribution in [0.15, 0.2) is 36.8 Å². The average molecular weight is 374 g/mol. The van der Waals surface area contributed by atoms with E-state index in [1.54, 1.807) is 18.5 Å². The van der Waals surface area contributed by atoms with Gasteiger partial charge in [-0.3, -0.25) is 9.28 Å². The Morgan fingerprint density at radius 3 is 2.75 bits per heavy atom. The molecule has 1 saturated heterocycles. The zero-order valence-corrected chi connectivity index (χ0v) is 15.6. The van der Waals surface area contributed by atoms with Gasteiger partial charge in [-0.15, -0.1) is 0 Å². The van der Waals surface area contributed by atoms with Gasteiger partial charge in [0.1, 0.15) is 18.6 Å². The third-order valence-corrected chi connectivity index (χ3v) is 5.93. The van der Waals surface area contributed by atoms with E-state index in [9.17, 15) is 10.2 Å². The van der Waals surface area contributed by atoms with Gasteiger partial charge in [0.05, 0.1) is 24.3 Å². The number of carbonyl (C=O) groups excluding carboxylic acids is 1. The van der Waals surface area contributed by atoms with Crippen LogP contribution in [0.5, 0.6) is 0 Å². The van der Waals surface area contributed by atoms with Crippen molar-refractivity contribution in [3.05, 3.63) is 53.3 Å². The van der Waals surface area contributed by atoms with Gasteiger partial charge in [0, 0.05) is 36.8 Å². The van der Waals surface area contributed by atoms with Crippen molar-refractivity contribution >= 4 is 29.1 Å². The number of carbonyl (C=O) groups is 1. The largest absolute Gasteiger partial charge is 0.759 e. The van der Waals surface area contributed by atoms with Crippen LogP contribution in [0.3, 0.4) is 0 Å². The van der Waals surface area contributed by atoms with Crippen LogP contribution in [0.2, 0.25) is 0 Å². The summed E-state index contributed by atoms with van der Waals surface area (Å²) in [5, 5.41) is 12.4. The molecule has 28 heavy (non-hydrogen) atoms. The summed E-state index contributed by atoms with van der Waals surface area (Å²) in [6.07, 6.45) is 9.64. The van der Waals surface area contributed by atoms with E-state index in [2.05, 4.69) is 26.1 Å². The molecule has 1 aliphatic carbocycles. The number of rotatable bonds is 4. The van der Waals surface area contributed by atoms with Crippen LogP contribution < -0.4 is 10.2 Å². The van der Waals surface area contributed by atoms with Crippen molar-refractivity contribution < 1.29 is 9.28 Å². The second-order valence-corrected chi connectivity index (χ2v) is 7.89. The van der Waals surface area contributed by atoms with Gasteiger partial charge in [-0.05, 0) is 31.0 Å². The second-order valence-electron chi connectivity index (χ2n) is 7.89. The summed E-state index contributed by atoms with van der Waals surface area (Å²) < 4.78 is 0.636. The maximum absolute atomic E-state index is 13.0. The number of fused-ring (bicyclic) bond motifs is 2. The zero-order chi connectivity index (χ0) is 19.1. The van der Waals surface area contributed by atoms with Crippen LogP contribution in [0, 0.1) is 0 Å². The molecule has 2 aromatic rings. The first-order chi connectivity index (χ1) is 13.7. The van der Waals surface area contributed by atoms with Crippen LogP contribution in [0.1, 0.15) is 41.6 Å². The summed E-state index contributed by atoms with van der Waals surface area (Å²) in [5.74, 6) is 3.54. The number of anilines is 3. The summed E-state index contributed by atoms with van der Waals surface area (Å²) in [6.45, 7) is 2.58. The Kier molecular flexibility index (Phi) is 4.00. The molecule has 1 saturated carbocycles. The fourth-order valence-electron chi connectivity index (χ4n) is 4.43. The molecule has 0 spiro atoms. The van der Waals surface area contributed by atoms with Gasteiger partial charge in [-0.25, -0.2) is 15.8 Å². The first-order valence-corrected chi connectivity index (χ1v) is 9.84. The molecule has 0 atom stereocenters. The Labute approximate surface area is 163 Å². The molecule has 2 aliphatic heterocycles. The Morgan fingerprint density at radius 2 is 2.00 bits per heavy atom. The average Bonchev–Trinajstić information content (AvgIpc) is 3.45. The summed E-state index contributed by atoms with van der Waals surface area (Å²) in [7, 11) is 0. The molecule has 7 heteroatoms. The Morgan fingerprint density at radius 1 is 1.21 bits per heavy atom. The summed E-state index contributed by atoms with van der Waals surface area (Å²) in [5.41, 5.74) is 2.35. The molecule has 0 aromatic carbocycles. The number of nitrogens with zero attached hydrogens (tertiary/aromatic N) is 5. The number of quaternary nitrogens is 1. The predicted octanol–water partition coefficient (Wildman–Crippen LogP) is 3.21. The van der Waals surface area contributed by atoms with Gasteiger partial charge in [0.2, 0.25) is 0 Å². The van der Waals surface area contributed by atoms with Gasteiger partial charge < -0.3 is 15.6 Å². The van der Waals surface area contributed by atoms with Crippen LogP contribution >= 0.6 is 0 Å². The van der Waals surface area contributed by atoms with E-state index in [1.165, 1.54) is 0 Å². The lowest BCUT2D eigenvalue weighted by atomic mass is 10.1. The Bertz CT molecular complexity index is 986. The van der Waals surface area contributed by atoms with Crippen LogP contribution in [0.4, 0.5) is 17.3 Å². The maximum atomic E-state index is 13.0. The zero-order valence-electron chi connectivity index (χ0n) is 15.6. The molecule has 5 rings (SSSR count). The molecule has 2 fully saturated rings. The topological polar surface area (TPSA) is 80.4 Å². The third kappa shape index (κ3) is 2.80. The number of likely N-dealkylation sites (tertiary alicyclic amines) is 1. The monoisotopic (exact) mass is 374 g/mol. The number of hydrogen-bond donors (Lipinski definition) is 1. The smallest absolute Gasteiger partial charge is 0.259 e. The lowest BCUT2D eigenvalue weighted by Crippen LogP contribution is -2.39. The number of pyridine rings is 2. The quantitative estimate of drug-likeness (QED) is 0.658. The van der Waals surface area contributed by atoms with E-state index < -0.39 is 0 Å². The third-order valence-electron chi connectivity index (χ3n) is 5.93. The molecular formula is C21H22N6O. The highest BCUT2D eigenvalue weighted by Crippen LogP contribution is 2.44. The first-order valence-electron chi connectivity index (χ1n) is 9.84. The second kappa shape index (κ2) is 6.55.